The average molecular weight is 449 g/mol. The minimum Gasteiger partial charge on any atom is -0.250 e. The van der Waals surface area contributed by atoms with Gasteiger partial charge in [-0.1, -0.05) is 79.1 Å². The number of thiazole rings is 2. The largest absolute Gasteiger partial charge is 0.250 e. The molecule has 3 rings (SSSR count). The highest BCUT2D eigenvalue weighted by Crippen LogP contribution is 2.43. The van der Waals surface area contributed by atoms with Gasteiger partial charge in [0, 0.05) is 0 Å². The van der Waals surface area contributed by atoms with Gasteiger partial charge in [0.1, 0.15) is 0 Å². The highest BCUT2D eigenvalue weighted by molar-refractivity contribution is 7.28. The number of fused-ring (bicyclic) bond motifs is 3. The Morgan fingerprint density at radius 2 is 1.14 bits per heavy atom. The lowest BCUT2D eigenvalue weighted by Gasteiger charge is -2.33. The van der Waals surface area contributed by atoms with Crippen LogP contribution < -0.4 is 10.6 Å². The molecule has 2 atom stereocenters. The van der Waals surface area contributed by atoms with Gasteiger partial charge in [-0.2, -0.15) is 0 Å². The molecule has 0 saturated heterocycles. The first kappa shape index (κ1) is 23.1. The molecule has 2 unspecified atom stereocenters. The lowest BCUT2D eigenvalue weighted by Crippen LogP contribution is -2.59. The third-order valence-corrected chi connectivity index (χ3v) is 14.5. The number of unbranched alkanes of at least 4 members (excludes halogenated alkanes) is 2. The van der Waals surface area contributed by atoms with Crippen LogP contribution in [-0.2, 0) is 0 Å². The molecule has 3 heterocycles. The van der Waals surface area contributed by atoms with E-state index < -0.39 is 8.07 Å². The molecule has 0 saturated carbocycles. The summed E-state index contributed by atoms with van der Waals surface area (Å²) in [5.74, 6) is 1.65. The second-order valence-electron chi connectivity index (χ2n) is 9.14. The highest BCUT2D eigenvalue weighted by Gasteiger charge is 2.52. The number of aryl methyl sites for hydroxylation is 2. The van der Waals surface area contributed by atoms with Crippen LogP contribution in [0.5, 0.6) is 0 Å². The summed E-state index contributed by atoms with van der Waals surface area (Å²) >= 11 is 3.87. The second-order valence-corrected chi connectivity index (χ2v) is 15.5. The molecule has 2 nitrogen and oxygen atoms in total. The number of aromatic nitrogens is 2. The predicted octanol–water partition coefficient (Wildman–Crippen LogP) is 7.19. The maximum atomic E-state index is 5.24. The summed E-state index contributed by atoms with van der Waals surface area (Å²) in [6.45, 7) is 13.9. The maximum absolute atomic E-state index is 5.24. The Morgan fingerprint density at radius 1 is 0.724 bits per heavy atom. The van der Waals surface area contributed by atoms with Crippen molar-refractivity contribution < 1.29 is 0 Å². The summed E-state index contributed by atoms with van der Waals surface area (Å²) in [6.07, 6.45) is 10.7. The molecular weight excluding hydrogens is 408 g/mol. The Hall–Kier alpha value is -0.523. The van der Waals surface area contributed by atoms with Crippen molar-refractivity contribution >= 4 is 41.4 Å². The van der Waals surface area contributed by atoms with Crippen LogP contribution in [0.2, 0.25) is 12.1 Å². The van der Waals surface area contributed by atoms with Gasteiger partial charge in [0.2, 0.25) is 0 Å². The van der Waals surface area contributed by atoms with E-state index in [9.17, 15) is 0 Å². The van der Waals surface area contributed by atoms with E-state index >= 15 is 0 Å². The summed E-state index contributed by atoms with van der Waals surface area (Å²) < 4.78 is 0. The fraction of sp³-hybridized carbons (Fsp3) is 0.750. The molecule has 1 aliphatic rings. The Morgan fingerprint density at radius 3 is 1.48 bits per heavy atom. The van der Waals surface area contributed by atoms with Crippen molar-refractivity contribution in [2.45, 2.75) is 105 Å². The van der Waals surface area contributed by atoms with Crippen LogP contribution in [-0.4, -0.2) is 18.0 Å². The van der Waals surface area contributed by atoms with Gasteiger partial charge in [0.25, 0.3) is 0 Å². The predicted molar refractivity (Wildman–Crippen MR) is 134 cm³/mol. The van der Waals surface area contributed by atoms with Gasteiger partial charge in [0.15, 0.2) is 8.07 Å². The molecule has 0 aromatic carbocycles. The van der Waals surface area contributed by atoms with Crippen LogP contribution in [0.3, 0.4) is 0 Å². The van der Waals surface area contributed by atoms with Crippen molar-refractivity contribution in [1.82, 2.24) is 9.97 Å². The van der Waals surface area contributed by atoms with Crippen molar-refractivity contribution in [1.29, 1.82) is 0 Å². The maximum Gasteiger partial charge on any atom is 0.169 e. The second kappa shape index (κ2) is 10.2. The van der Waals surface area contributed by atoms with Crippen molar-refractivity contribution in [2.75, 3.05) is 0 Å². The number of hydrogen-bond acceptors (Lipinski definition) is 4. The zero-order chi connectivity index (χ0) is 21.0. The van der Waals surface area contributed by atoms with E-state index in [1.54, 1.807) is 0 Å². The van der Waals surface area contributed by atoms with Gasteiger partial charge < -0.3 is 0 Å². The van der Waals surface area contributed by atoms with Crippen molar-refractivity contribution in [3.63, 3.8) is 0 Å². The van der Waals surface area contributed by atoms with E-state index in [1.807, 2.05) is 22.7 Å². The van der Waals surface area contributed by atoms with E-state index in [0.717, 1.165) is 11.8 Å². The van der Waals surface area contributed by atoms with Crippen molar-refractivity contribution in [3.8, 4) is 9.75 Å². The third kappa shape index (κ3) is 4.72. The summed E-state index contributed by atoms with van der Waals surface area (Å²) in [6, 6.07) is 2.75. The molecule has 2 aromatic rings. The normalized spacial score (nSPS) is 16.6. The standard InChI is InChI=1S/C24H40N2S2Si/c1-7-11-13-19(9-3)15-29(16-20(10-4)14-12-8-2)23-21(27-17(5)25-23)22-24(29)26-18(6)28-22/h19-20H,7-16H2,1-6H3. The molecule has 0 spiro atoms. The van der Waals surface area contributed by atoms with Gasteiger partial charge in [-0.15, -0.1) is 22.7 Å². The van der Waals surface area contributed by atoms with Gasteiger partial charge in [-0.3, -0.25) is 9.97 Å². The first-order valence-corrected chi connectivity index (χ1v) is 16.0. The van der Waals surface area contributed by atoms with E-state index in [4.69, 9.17) is 9.97 Å². The zero-order valence-corrected chi connectivity index (χ0v) is 22.1. The molecule has 0 fully saturated rings. The van der Waals surface area contributed by atoms with Gasteiger partial charge in [-0.05, 0) is 37.8 Å². The molecule has 0 amide bonds. The van der Waals surface area contributed by atoms with Crippen LogP contribution in [0.25, 0.3) is 9.75 Å². The fourth-order valence-corrected chi connectivity index (χ4v) is 14.9. The average Bonchev–Trinajstić information content (AvgIpc) is 3.34. The lowest BCUT2D eigenvalue weighted by molar-refractivity contribution is 0.468. The van der Waals surface area contributed by atoms with Crippen molar-refractivity contribution in [2.24, 2.45) is 11.8 Å². The van der Waals surface area contributed by atoms with E-state index in [1.165, 1.54) is 93.9 Å². The first-order valence-electron chi connectivity index (χ1n) is 11.9. The van der Waals surface area contributed by atoms with Crippen molar-refractivity contribution in [3.05, 3.63) is 10.0 Å². The van der Waals surface area contributed by atoms with Crippen LogP contribution >= 0.6 is 22.7 Å². The topological polar surface area (TPSA) is 25.8 Å². The van der Waals surface area contributed by atoms with Crippen LogP contribution in [0.15, 0.2) is 0 Å². The molecule has 0 bridgehead atoms. The van der Waals surface area contributed by atoms with Crippen LogP contribution in [0, 0.1) is 25.7 Å². The monoisotopic (exact) mass is 448 g/mol. The smallest absolute Gasteiger partial charge is 0.169 e. The molecule has 0 N–H and O–H groups in total. The highest BCUT2D eigenvalue weighted by atomic mass is 32.1. The SMILES string of the molecule is CCCCC(CC)C[Si]1(CC(CC)CCCC)c2nc(C)sc2-c2sc(C)nc21. The number of hydrogen-bond donors (Lipinski definition) is 0. The minimum absolute atomic E-state index is 0.827. The Balaban J connectivity index is 2.06. The first-order chi connectivity index (χ1) is 14.0. The lowest BCUT2D eigenvalue weighted by atomic mass is 10.0. The Bertz CT molecular complexity index is 729. The Labute approximate surface area is 187 Å². The molecule has 1 aliphatic heterocycles. The molecule has 5 heteroatoms. The molecule has 0 aliphatic carbocycles. The fourth-order valence-electron chi connectivity index (χ4n) is 5.27. The molecule has 2 aromatic heterocycles. The number of rotatable bonds is 12. The summed E-state index contributed by atoms with van der Waals surface area (Å²) in [4.78, 5) is 13.5. The summed E-state index contributed by atoms with van der Waals surface area (Å²) in [7, 11) is -1.90. The van der Waals surface area contributed by atoms with E-state index in [0.29, 0.717) is 0 Å². The number of nitrogens with zero attached hydrogens (tertiary/aromatic N) is 2. The van der Waals surface area contributed by atoms with Gasteiger partial charge >= 0.3 is 0 Å². The van der Waals surface area contributed by atoms with Gasteiger partial charge in [0.05, 0.1) is 30.4 Å². The molecule has 29 heavy (non-hydrogen) atoms. The van der Waals surface area contributed by atoms with Gasteiger partial charge in [-0.25, -0.2) is 0 Å². The minimum atomic E-state index is -1.90. The van der Waals surface area contributed by atoms with Crippen LogP contribution in [0.1, 0.15) is 89.1 Å². The third-order valence-electron chi connectivity index (χ3n) is 6.94. The molecular formula is C24H40N2S2Si. The molecule has 162 valence electrons. The summed E-state index contributed by atoms with van der Waals surface area (Å²) in [5.41, 5.74) is 0. The van der Waals surface area contributed by atoms with Crippen LogP contribution in [0.4, 0.5) is 0 Å². The van der Waals surface area contributed by atoms with E-state index in [-0.39, 0.29) is 0 Å². The Kier molecular flexibility index (Phi) is 8.13. The molecule has 0 radical (unpaired) electrons. The van der Waals surface area contributed by atoms with E-state index in [2.05, 4.69) is 41.5 Å². The quantitative estimate of drug-likeness (QED) is 0.321. The zero-order valence-electron chi connectivity index (χ0n) is 19.4. The summed E-state index contributed by atoms with van der Waals surface area (Å²) in [5, 5.41) is 5.57.